The molecule has 8 nitrogen and oxygen atoms in total. The van der Waals surface area contributed by atoms with E-state index in [-0.39, 0.29) is 21.3 Å². The number of aromatic nitrogens is 1. The average Bonchev–Trinajstić information content (AvgIpc) is 2.74. The monoisotopic (exact) mass is 447 g/mol. The number of amides is 1. The van der Waals surface area contributed by atoms with E-state index in [0.717, 1.165) is 6.20 Å². The summed E-state index contributed by atoms with van der Waals surface area (Å²) in [7, 11) is -0.989. The maximum absolute atomic E-state index is 12.9. The zero-order valence-electron chi connectivity index (χ0n) is 16.0. The minimum atomic E-state index is -3.97. The number of rotatable bonds is 7. The van der Waals surface area contributed by atoms with Gasteiger partial charge in [0.2, 0.25) is 0 Å². The van der Waals surface area contributed by atoms with Gasteiger partial charge in [-0.05, 0) is 36.4 Å². The second-order valence-corrected chi connectivity index (χ2v) is 8.06. The van der Waals surface area contributed by atoms with Gasteiger partial charge in [-0.15, -0.1) is 0 Å². The molecule has 3 aromatic rings. The molecule has 30 heavy (non-hydrogen) atoms. The Bertz CT molecular complexity index is 1170. The van der Waals surface area contributed by atoms with E-state index < -0.39 is 15.9 Å². The summed E-state index contributed by atoms with van der Waals surface area (Å²) in [6.07, 6.45) is 1.13. The molecule has 1 amide bonds. The lowest BCUT2D eigenvalue weighted by molar-refractivity contribution is 0.102. The molecule has 1 aromatic heterocycles. The molecule has 0 aliphatic heterocycles. The third kappa shape index (κ3) is 4.81. The Labute approximate surface area is 178 Å². The summed E-state index contributed by atoms with van der Waals surface area (Å²) < 4.78 is 38.1. The van der Waals surface area contributed by atoms with Crippen molar-refractivity contribution in [2.75, 3.05) is 24.3 Å². The van der Waals surface area contributed by atoms with Crippen LogP contribution in [-0.4, -0.2) is 33.5 Å². The Kier molecular flexibility index (Phi) is 6.43. The lowest BCUT2D eigenvalue weighted by Gasteiger charge is -2.14. The fourth-order valence-corrected chi connectivity index (χ4v) is 3.72. The molecule has 0 atom stereocenters. The number of hydrogen-bond acceptors (Lipinski definition) is 6. The van der Waals surface area contributed by atoms with Crippen LogP contribution in [0.3, 0.4) is 0 Å². The van der Waals surface area contributed by atoms with Crippen molar-refractivity contribution in [1.29, 1.82) is 0 Å². The number of sulfonamides is 1. The van der Waals surface area contributed by atoms with Crippen LogP contribution in [-0.2, 0) is 10.0 Å². The van der Waals surface area contributed by atoms with E-state index in [4.69, 9.17) is 21.1 Å². The standard InChI is InChI=1S/C20H18ClN3O5S/c1-28-13-7-9-17(18(11-13)29-2)23-20(25)15-5-3-4-6-16(15)24-30(26,27)14-8-10-19(21)22-12-14/h3-12,24H,1-2H3,(H,23,25). The Morgan fingerprint density at radius 1 is 1.00 bits per heavy atom. The Balaban J connectivity index is 1.88. The number of anilines is 2. The number of nitrogens with one attached hydrogen (secondary N) is 2. The molecule has 2 aromatic carbocycles. The highest BCUT2D eigenvalue weighted by Gasteiger charge is 2.20. The molecule has 10 heteroatoms. The highest BCUT2D eigenvalue weighted by molar-refractivity contribution is 7.92. The van der Waals surface area contributed by atoms with Gasteiger partial charge in [0.1, 0.15) is 21.5 Å². The molecule has 0 saturated carbocycles. The first-order valence-electron chi connectivity index (χ1n) is 8.61. The van der Waals surface area contributed by atoms with Gasteiger partial charge in [0, 0.05) is 12.3 Å². The highest BCUT2D eigenvalue weighted by atomic mass is 35.5. The van der Waals surface area contributed by atoms with Crippen LogP contribution in [0.4, 0.5) is 11.4 Å². The molecule has 3 rings (SSSR count). The summed E-state index contributed by atoms with van der Waals surface area (Å²) in [4.78, 5) is 16.6. The van der Waals surface area contributed by atoms with Crippen molar-refractivity contribution in [3.05, 3.63) is 71.5 Å². The Morgan fingerprint density at radius 2 is 1.77 bits per heavy atom. The van der Waals surface area contributed by atoms with Crippen molar-refractivity contribution in [1.82, 2.24) is 4.98 Å². The molecule has 0 aliphatic carbocycles. The first kappa shape index (κ1) is 21.4. The normalized spacial score (nSPS) is 10.9. The summed E-state index contributed by atoms with van der Waals surface area (Å²) in [6.45, 7) is 0. The van der Waals surface area contributed by atoms with Crippen LogP contribution in [0.25, 0.3) is 0 Å². The topological polar surface area (TPSA) is 107 Å². The number of benzene rings is 2. The van der Waals surface area contributed by atoms with E-state index in [9.17, 15) is 13.2 Å². The van der Waals surface area contributed by atoms with Gasteiger partial charge in [0.15, 0.2) is 0 Å². The molecule has 0 spiro atoms. The Hall–Kier alpha value is -3.30. The Morgan fingerprint density at radius 3 is 2.43 bits per heavy atom. The third-order valence-corrected chi connectivity index (χ3v) is 5.66. The van der Waals surface area contributed by atoms with Gasteiger partial charge >= 0.3 is 0 Å². The van der Waals surface area contributed by atoms with Crippen LogP contribution in [0, 0.1) is 0 Å². The summed E-state index contributed by atoms with van der Waals surface area (Å²) in [6, 6.07) is 13.8. The number of methoxy groups -OCH3 is 2. The van der Waals surface area contributed by atoms with Gasteiger partial charge in [0.25, 0.3) is 15.9 Å². The minimum absolute atomic E-state index is 0.0843. The number of hydrogen-bond donors (Lipinski definition) is 2. The zero-order chi connectivity index (χ0) is 21.7. The molecular weight excluding hydrogens is 430 g/mol. The number of carbonyl (C=O) groups is 1. The molecule has 0 saturated heterocycles. The molecular formula is C20H18ClN3O5S. The maximum atomic E-state index is 12.9. The van der Waals surface area contributed by atoms with E-state index in [2.05, 4.69) is 15.0 Å². The van der Waals surface area contributed by atoms with Crippen LogP contribution in [0.5, 0.6) is 11.5 Å². The molecule has 0 bridgehead atoms. The van der Waals surface area contributed by atoms with Gasteiger partial charge in [-0.25, -0.2) is 13.4 Å². The summed E-state index contributed by atoms with van der Waals surface area (Å²) in [5.74, 6) is 0.439. The molecule has 156 valence electrons. The van der Waals surface area contributed by atoms with Crippen molar-refractivity contribution >= 4 is 38.9 Å². The molecule has 0 fully saturated rings. The second kappa shape index (κ2) is 9.02. The first-order valence-corrected chi connectivity index (χ1v) is 10.5. The number of carbonyl (C=O) groups excluding carboxylic acids is 1. The van der Waals surface area contributed by atoms with Crippen LogP contribution in [0.1, 0.15) is 10.4 Å². The number of pyridine rings is 1. The van der Waals surface area contributed by atoms with Gasteiger partial charge in [-0.1, -0.05) is 23.7 Å². The zero-order valence-corrected chi connectivity index (χ0v) is 17.6. The van der Waals surface area contributed by atoms with E-state index >= 15 is 0 Å². The number of ether oxygens (including phenoxy) is 2. The SMILES string of the molecule is COc1ccc(NC(=O)c2ccccc2NS(=O)(=O)c2ccc(Cl)nc2)c(OC)c1. The maximum Gasteiger partial charge on any atom is 0.263 e. The van der Waals surface area contributed by atoms with Crippen molar-refractivity contribution < 1.29 is 22.7 Å². The van der Waals surface area contributed by atoms with Gasteiger partial charge in [-0.2, -0.15) is 0 Å². The fourth-order valence-electron chi connectivity index (χ4n) is 2.59. The number of halogens is 1. The minimum Gasteiger partial charge on any atom is -0.497 e. The fraction of sp³-hybridized carbons (Fsp3) is 0.100. The van der Waals surface area contributed by atoms with Crippen LogP contribution >= 0.6 is 11.6 Å². The molecule has 0 aliphatic rings. The smallest absolute Gasteiger partial charge is 0.263 e. The quantitative estimate of drug-likeness (QED) is 0.533. The number of para-hydroxylation sites is 1. The van der Waals surface area contributed by atoms with Crippen LogP contribution < -0.4 is 19.5 Å². The van der Waals surface area contributed by atoms with Crippen LogP contribution in [0.2, 0.25) is 5.15 Å². The molecule has 1 heterocycles. The summed E-state index contributed by atoms with van der Waals surface area (Å²) in [5.41, 5.74) is 0.640. The molecule has 2 N–H and O–H groups in total. The van der Waals surface area contributed by atoms with Gasteiger partial charge < -0.3 is 14.8 Å². The van der Waals surface area contributed by atoms with E-state index in [1.54, 1.807) is 30.3 Å². The highest BCUT2D eigenvalue weighted by Crippen LogP contribution is 2.30. The molecule has 0 radical (unpaired) electrons. The summed E-state index contributed by atoms with van der Waals surface area (Å²) in [5, 5.41) is 2.89. The van der Waals surface area contributed by atoms with Crippen molar-refractivity contribution in [2.45, 2.75) is 4.90 Å². The predicted octanol–water partition coefficient (Wildman–Crippen LogP) is 3.81. The van der Waals surface area contributed by atoms with Crippen molar-refractivity contribution in [2.24, 2.45) is 0 Å². The van der Waals surface area contributed by atoms with E-state index in [1.807, 2.05) is 0 Å². The van der Waals surface area contributed by atoms with Crippen LogP contribution in [0.15, 0.2) is 65.7 Å². The third-order valence-electron chi connectivity index (χ3n) is 4.08. The van der Waals surface area contributed by atoms with Gasteiger partial charge in [-0.3, -0.25) is 9.52 Å². The van der Waals surface area contributed by atoms with Gasteiger partial charge in [0.05, 0.1) is 31.2 Å². The predicted molar refractivity (Wildman–Crippen MR) is 114 cm³/mol. The number of nitrogens with zero attached hydrogens (tertiary/aromatic N) is 1. The average molecular weight is 448 g/mol. The summed E-state index contributed by atoms with van der Waals surface area (Å²) >= 11 is 5.71. The van der Waals surface area contributed by atoms with Crippen molar-refractivity contribution in [3.63, 3.8) is 0 Å². The molecule has 0 unspecified atom stereocenters. The second-order valence-electron chi connectivity index (χ2n) is 5.99. The van der Waals surface area contributed by atoms with E-state index in [0.29, 0.717) is 17.2 Å². The largest absolute Gasteiger partial charge is 0.497 e. The lowest BCUT2D eigenvalue weighted by atomic mass is 10.1. The van der Waals surface area contributed by atoms with Crippen molar-refractivity contribution in [3.8, 4) is 11.5 Å². The first-order chi connectivity index (χ1) is 14.3. The van der Waals surface area contributed by atoms with E-state index in [1.165, 1.54) is 38.5 Å². The lowest BCUT2D eigenvalue weighted by Crippen LogP contribution is -2.19.